The minimum atomic E-state index is 0.190. The van der Waals surface area contributed by atoms with Gasteiger partial charge in [0.1, 0.15) is 6.33 Å². The molecule has 2 rings (SSSR count). The van der Waals surface area contributed by atoms with Gasteiger partial charge in [-0.25, -0.2) is 4.98 Å². The maximum Gasteiger partial charge on any atom is 0.241 e. The highest BCUT2D eigenvalue weighted by atomic mass is 35.5. The summed E-state index contributed by atoms with van der Waals surface area (Å²) in [5, 5.41) is 0.190. The zero-order valence-corrected chi connectivity index (χ0v) is 13.3. The van der Waals surface area contributed by atoms with E-state index in [1.54, 1.807) is 23.3 Å². The normalized spacial score (nSPS) is 11.1. The highest BCUT2D eigenvalue weighted by Crippen LogP contribution is 2.13. The SMILES string of the molecule is CCN(CCCN(C)C)c1nc(Cl)nc(-n2ccnc2)n1. The molecule has 0 bridgehead atoms. The molecule has 8 heteroatoms. The van der Waals surface area contributed by atoms with E-state index in [1.165, 1.54) is 0 Å². The van der Waals surface area contributed by atoms with Crippen molar-refractivity contribution in [3.63, 3.8) is 0 Å². The predicted molar refractivity (Wildman–Crippen MR) is 83.0 cm³/mol. The molecule has 2 aromatic heterocycles. The Bertz CT molecular complexity index is 556. The number of halogens is 1. The molecular formula is C13H20ClN7. The lowest BCUT2D eigenvalue weighted by Gasteiger charge is -2.22. The molecule has 0 aliphatic carbocycles. The van der Waals surface area contributed by atoms with Gasteiger partial charge in [-0.1, -0.05) is 0 Å². The molecule has 2 aromatic rings. The standard InChI is InChI=1S/C13H20ClN7/c1-4-20(8-5-7-19(2)3)12-16-11(14)17-13(18-12)21-9-6-15-10-21/h6,9-10H,4-5,7-8H2,1-3H3. The minimum absolute atomic E-state index is 0.190. The lowest BCUT2D eigenvalue weighted by molar-refractivity contribution is 0.400. The van der Waals surface area contributed by atoms with Crippen molar-refractivity contribution < 1.29 is 0 Å². The summed E-state index contributed by atoms with van der Waals surface area (Å²) < 4.78 is 1.71. The van der Waals surface area contributed by atoms with E-state index in [0.717, 1.165) is 26.1 Å². The Hall–Kier alpha value is -1.73. The summed E-state index contributed by atoms with van der Waals surface area (Å²) in [6.07, 6.45) is 6.12. The third-order valence-corrected chi connectivity index (χ3v) is 3.19. The van der Waals surface area contributed by atoms with Gasteiger partial charge in [-0.05, 0) is 45.6 Å². The zero-order valence-electron chi connectivity index (χ0n) is 12.6. The summed E-state index contributed by atoms with van der Waals surface area (Å²) >= 11 is 6.02. The van der Waals surface area contributed by atoms with Gasteiger partial charge in [0.2, 0.25) is 17.2 Å². The van der Waals surface area contributed by atoms with Crippen LogP contribution in [0.15, 0.2) is 18.7 Å². The van der Waals surface area contributed by atoms with E-state index in [9.17, 15) is 0 Å². The Morgan fingerprint density at radius 2 is 2.00 bits per heavy atom. The number of hydrogen-bond donors (Lipinski definition) is 0. The van der Waals surface area contributed by atoms with Gasteiger partial charge in [-0.2, -0.15) is 15.0 Å². The van der Waals surface area contributed by atoms with Crippen molar-refractivity contribution in [2.24, 2.45) is 0 Å². The van der Waals surface area contributed by atoms with E-state index in [0.29, 0.717) is 11.9 Å². The van der Waals surface area contributed by atoms with E-state index in [2.05, 4.69) is 50.8 Å². The maximum absolute atomic E-state index is 6.02. The number of hydrogen-bond acceptors (Lipinski definition) is 6. The fourth-order valence-corrected chi connectivity index (χ4v) is 2.09. The average molecular weight is 310 g/mol. The molecule has 0 saturated carbocycles. The van der Waals surface area contributed by atoms with Gasteiger partial charge in [0.15, 0.2) is 0 Å². The van der Waals surface area contributed by atoms with E-state index in [1.807, 2.05) is 0 Å². The molecule has 0 radical (unpaired) electrons. The van der Waals surface area contributed by atoms with Gasteiger partial charge in [0.25, 0.3) is 0 Å². The number of rotatable bonds is 7. The lowest BCUT2D eigenvalue weighted by Crippen LogP contribution is -2.29. The van der Waals surface area contributed by atoms with Crippen molar-refractivity contribution in [3.8, 4) is 5.95 Å². The van der Waals surface area contributed by atoms with E-state index >= 15 is 0 Å². The van der Waals surface area contributed by atoms with E-state index in [4.69, 9.17) is 11.6 Å². The third-order valence-electron chi connectivity index (χ3n) is 3.02. The monoisotopic (exact) mass is 309 g/mol. The van der Waals surface area contributed by atoms with Crippen LogP contribution in [0.1, 0.15) is 13.3 Å². The molecule has 0 atom stereocenters. The van der Waals surface area contributed by atoms with Crippen LogP contribution in [0, 0.1) is 0 Å². The van der Waals surface area contributed by atoms with Crippen molar-refractivity contribution in [1.29, 1.82) is 0 Å². The fraction of sp³-hybridized carbons (Fsp3) is 0.538. The molecule has 0 aliphatic rings. The summed E-state index contributed by atoms with van der Waals surface area (Å²) in [6.45, 7) is 4.78. The first-order valence-electron chi connectivity index (χ1n) is 6.89. The van der Waals surface area contributed by atoms with E-state index in [-0.39, 0.29) is 5.28 Å². The summed E-state index contributed by atoms with van der Waals surface area (Å²) in [5.74, 6) is 1.08. The van der Waals surface area contributed by atoms with Gasteiger partial charge in [-0.15, -0.1) is 0 Å². The second-order valence-electron chi connectivity index (χ2n) is 4.91. The van der Waals surface area contributed by atoms with Crippen LogP contribution in [0.2, 0.25) is 5.28 Å². The number of aromatic nitrogens is 5. The Balaban J connectivity index is 2.17. The summed E-state index contributed by atoms with van der Waals surface area (Å²) in [4.78, 5) is 21.1. The molecule has 0 spiro atoms. The number of anilines is 1. The molecule has 0 fully saturated rings. The summed E-state index contributed by atoms with van der Waals surface area (Å²) in [7, 11) is 4.13. The van der Waals surface area contributed by atoms with Crippen LogP contribution in [-0.4, -0.2) is 63.1 Å². The maximum atomic E-state index is 6.02. The van der Waals surface area contributed by atoms with E-state index < -0.39 is 0 Å². The molecular weight excluding hydrogens is 290 g/mol. The van der Waals surface area contributed by atoms with Crippen LogP contribution in [-0.2, 0) is 0 Å². The van der Waals surface area contributed by atoms with Crippen LogP contribution >= 0.6 is 11.6 Å². The molecule has 0 amide bonds. The predicted octanol–water partition coefficient (Wildman–Crippen LogP) is 1.49. The number of imidazole rings is 1. The third kappa shape index (κ3) is 4.37. The second-order valence-corrected chi connectivity index (χ2v) is 5.25. The largest absolute Gasteiger partial charge is 0.341 e. The van der Waals surface area contributed by atoms with Crippen molar-refractivity contribution >= 4 is 17.5 Å². The van der Waals surface area contributed by atoms with Gasteiger partial charge < -0.3 is 9.80 Å². The summed E-state index contributed by atoms with van der Waals surface area (Å²) in [5.41, 5.74) is 0. The average Bonchev–Trinajstić information content (AvgIpc) is 2.96. The molecule has 0 saturated heterocycles. The summed E-state index contributed by atoms with van der Waals surface area (Å²) in [6, 6.07) is 0. The van der Waals surface area contributed by atoms with Crippen molar-refractivity contribution in [2.45, 2.75) is 13.3 Å². The molecule has 114 valence electrons. The fourth-order valence-electron chi connectivity index (χ4n) is 1.94. The quantitative estimate of drug-likeness (QED) is 0.772. The topological polar surface area (TPSA) is 63.0 Å². The second kappa shape index (κ2) is 7.33. The van der Waals surface area contributed by atoms with Gasteiger partial charge in [-0.3, -0.25) is 4.57 Å². The first kappa shape index (κ1) is 15.7. The molecule has 0 aromatic carbocycles. The zero-order chi connectivity index (χ0) is 15.2. The highest BCUT2D eigenvalue weighted by Gasteiger charge is 2.12. The van der Waals surface area contributed by atoms with Crippen molar-refractivity contribution in [3.05, 3.63) is 24.0 Å². The van der Waals surface area contributed by atoms with Crippen LogP contribution in [0.4, 0.5) is 5.95 Å². The van der Waals surface area contributed by atoms with Crippen LogP contribution in [0.5, 0.6) is 0 Å². The van der Waals surface area contributed by atoms with Gasteiger partial charge >= 0.3 is 0 Å². The molecule has 0 aliphatic heterocycles. The molecule has 2 heterocycles. The van der Waals surface area contributed by atoms with Crippen molar-refractivity contribution in [2.75, 3.05) is 38.6 Å². The van der Waals surface area contributed by atoms with Gasteiger partial charge in [0, 0.05) is 25.5 Å². The van der Waals surface area contributed by atoms with Gasteiger partial charge in [0.05, 0.1) is 0 Å². The Morgan fingerprint density at radius 1 is 1.19 bits per heavy atom. The minimum Gasteiger partial charge on any atom is -0.341 e. The molecule has 7 nitrogen and oxygen atoms in total. The Morgan fingerprint density at radius 3 is 2.62 bits per heavy atom. The Labute approximate surface area is 129 Å². The lowest BCUT2D eigenvalue weighted by atomic mass is 10.3. The van der Waals surface area contributed by atoms with Crippen molar-refractivity contribution in [1.82, 2.24) is 29.4 Å². The first-order chi connectivity index (χ1) is 10.1. The first-order valence-corrected chi connectivity index (χ1v) is 7.27. The highest BCUT2D eigenvalue weighted by molar-refractivity contribution is 6.28. The molecule has 0 unspecified atom stereocenters. The molecule has 21 heavy (non-hydrogen) atoms. The molecule has 0 N–H and O–H groups in total. The van der Waals surface area contributed by atoms with Crippen LogP contribution < -0.4 is 4.90 Å². The Kier molecular flexibility index (Phi) is 5.46. The van der Waals surface area contributed by atoms with Crippen LogP contribution in [0.25, 0.3) is 5.95 Å². The van der Waals surface area contributed by atoms with Crippen LogP contribution in [0.3, 0.4) is 0 Å². The smallest absolute Gasteiger partial charge is 0.241 e. The number of nitrogens with zero attached hydrogens (tertiary/aromatic N) is 7.